The minimum absolute atomic E-state index is 0.0765. The lowest BCUT2D eigenvalue weighted by molar-refractivity contribution is -0.119. The molecule has 0 aromatic heterocycles. The van der Waals surface area contributed by atoms with Crippen molar-refractivity contribution in [3.63, 3.8) is 0 Å². The number of carbonyl (C=O) groups excluding carboxylic acids is 2. The summed E-state index contributed by atoms with van der Waals surface area (Å²) in [5.74, 6) is 0. The second-order valence-corrected chi connectivity index (χ2v) is 5.71. The Morgan fingerprint density at radius 3 is 1.88 bits per heavy atom. The number of rotatable bonds is 4. The Balaban J connectivity index is 2.67. The Kier molecular flexibility index (Phi) is 4.20. The van der Waals surface area contributed by atoms with E-state index in [0.717, 1.165) is 0 Å². The van der Waals surface area contributed by atoms with Crippen LogP contribution in [0.2, 0.25) is 0 Å². The Bertz CT molecular complexity index is 290. The smallest absolute Gasteiger partial charge is 0.411 e. The lowest BCUT2D eigenvalue weighted by Crippen LogP contribution is -2.44. The molecular weight excluding hydrogens is 321 g/mol. The van der Waals surface area contributed by atoms with E-state index in [2.05, 4.69) is 0 Å². The maximum Gasteiger partial charge on any atom is 0.411 e. The fourth-order valence-electron chi connectivity index (χ4n) is 1.69. The van der Waals surface area contributed by atoms with Crippen LogP contribution in [-0.4, -0.2) is 32.5 Å². The van der Waals surface area contributed by atoms with Crippen LogP contribution in [0, 0.1) is 0 Å². The molecule has 1 saturated carbocycles. The standard InChI is InChI=1S/C11H18INO3/c1-7(2)13(8(3)4)10(15)16-11(5-6-11)9(12)14/h7-8H,5-6H2,1-4H3. The van der Waals surface area contributed by atoms with Crippen LogP contribution in [0.4, 0.5) is 4.79 Å². The molecule has 0 aromatic carbocycles. The van der Waals surface area contributed by atoms with Gasteiger partial charge in [0.05, 0.1) is 0 Å². The first-order valence-corrected chi connectivity index (χ1v) is 6.59. The zero-order valence-corrected chi connectivity index (χ0v) is 12.3. The molecule has 1 amide bonds. The highest BCUT2D eigenvalue weighted by atomic mass is 127. The summed E-state index contributed by atoms with van der Waals surface area (Å²) < 4.78 is 5.25. The SMILES string of the molecule is CC(C)N(C(=O)OC1(C(=O)I)CC1)C(C)C. The zero-order chi connectivity index (χ0) is 12.5. The molecule has 0 aromatic rings. The van der Waals surface area contributed by atoms with Crippen molar-refractivity contribution in [3.05, 3.63) is 0 Å². The number of hydrogen-bond acceptors (Lipinski definition) is 3. The van der Waals surface area contributed by atoms with E-state index in [1.165, 1.54) is 0 Å². The highest BCUT2D eigenvalue weighted by Gasteiger charge is 2.53. The van der Waals surface area contributed by atoms with E-state index < -0.39 is 5.60 Å². The summed E-state index contributed by atoms with van der Waals surface area (Å²) in [6.45, 7) is 7.75. The second-order valence-electron chi connectivity index (χ2n) is 4.73. The summed E-state index contributed by atoms with van der Waals surface area (Å²) in [5.41, 5.74) is -0.820. The summed E-state index contributed by atoms with van der Waals surface area (Å²) >= 11 is 1.70. The van der Waals surface area contributed by atoms with Crippen molar-refractivity contribution in [2.24, 2.45) is 0 Å². The van der Waals surface area contributed by atoms with E-state index >= 15 is 0 Å². The third-order valence-electron chi connectivity index (χ3n) is 2.67. The largest absolute Gasteiger partial charge is 0.434 e. The lowest BCUT2D eigenvalue weighted by Gasteiger charge is -2.31. The molecule has 92 valence electrons. The number of halogens is 1. The summed E-state index contributed by atoms with van der Waals surface area (Å²) in [5, 5.41) is 0. The highest BCUT2D eigenvalue weighted by Crippen LogP contribution is 2.42. The Hall–Kier alpha value is -0.330. The van der Waals surface area contributed by atoms with Gasteiger partial charge < -0.3 is 9.64 Å². The molecule has 0 heterocycles. The Labute approximate surface area is 110 Å². The van der Waals surface area contributed by atoms with Gasteiger partial charge in [-0.15, -0.1) is 0 Å². The molecule has 16 heavy (non-hydrogen) atoms. The van der Waals surface area contributed by atoms with Gasteiger partial charge in [-0.05, 0) is 40.5 Å². The first kappa shape index (κ1) is 13.7. The molecule has 0 bridgehead atoms. The van der Waals surface area contributed by atoms with Gasteiger partial charge in [-0.1, -0.05) is 0 Å². The second kappa shape index (κ2) is 4.89. The molecule has 1 aliphatic rings. The molecule has 0 atom stereocenters. The van der Waals surface area contributed by atoms with Gasteiger partial charge in [0.25, 0.3) is 0 Å². The molecule has 0 aliphatic heterocycles. The molecule has 5 heteroatoms. The van der Waals surface area contributed by atoms with Crippen molar-refractivity contribution >= 4 is 32.5 Å². The van der Waals surface area contributed by atoms with Crippen LogP contribution in [0.5, 0.6) is 0 Å². The Morgan fingerprint density at radius 1 is 1.19 bits per heavy atom. The van der Waals surface area contributed by atoms with E-state index in [4.69, 9.17) is 4.74 Å². The molecule has 1 rings (SSSR count). The van der Waals surface area contributed by atoms with Crippen molar-refractivity contribution in [1.82, 2.24) is 4.90 Å². The van der Waals surface area contributed by atoms with Crippen molar-refractivity contribution in [2.75, 3.05) is 0 Å². The average molecular weight is 339 g/mol. The number of carbonyl (C=O) groups is 2. The third kappa shape index (κ3) is 2.87. The Morgan fingerprint density at radius 2 is 1.62 bits per heavy atom. The fourth-order valence-corrected chi connectivity index (χ4v) is 2.34. The lowest BCUT2D eigenvalue weighted by atomic mass is 10.2. The zero-order valence-electron chi connectivity index (χ0n) is 10.1. The van der Waals surface area contributed by atoms with Crippen molar-refractivity contribution < 1.29 is 14.3 Å². The summed E-state index contributed by atoms with van der Waals surface area (Å²) in [4.78, 5) is 24.9. The summed E-state index contributed by atoms with van der Waals surface area (Å²) in [6, 6.07) is 0.153. The van der Waals surface area contributed by atoms with Gasteiger partial charge in [-0.2, -0.15) is 0 Å². The summed E-state index contributed by atoms with van der Waals surface area (Å²) in [7, 11) is 0. The monoisotopic (exact) mass is 339 g/mol. The third-order valence-corrected chi connectivity index (χ3v) is 3.65. The van der Waals surface area contributed by atoms with E-state index in [-0.39, 0.29) is 22.0 Å². The van der Waals surface area contributed by atoms with Crippen LogP contribution in [-0.2, 0) is 9.53 Å². The molecule has 1 fully saturated rings. The van der Waals surface area contributed by atoms with Crippen LogP contribution < -0.4 is 0 Å². The first-order chi connectivity index (χ1) is 7.30. The van der Waals surface area contributed by atoms with Crippen LogP contribution in [0.3, 0.4) is 0 Å². The van der Waals surface area contributed by atoms with Gasteiger partial charge in [0.15, 0.2) is 5.60 Å². The molecule has 0 saturated heterocycles. The molecule has 1 aliphatic carbocycles. The number of ether oxygens (including phenoxy) is 1. The average Bonchev–Trinajstić information content (AvgIpc) is 2.83. The number of amides is 1. The maximum absolute atomic E-state index is 11.9. The predicted molar refractivity (Wildman–Crippen MR) is 69.6 cm³/mol. The first-order valence-electron chi connectivity index (χ1n) is 5.51. The van der Waals surface area contributed by atoms with Gasteiger partial charge in [0.1, 0.15) is 0 Å². The minimum Gasteiger partial charge on any atom is -0.434 e. The maximum atomic E-state index is 11.9. The normalized spacial score (nSPS) is 17.4. The summed E-state index contributed by atoms with van der Waals surface area (Å²) in [6.07, 6.45) is 0.933. The van der Waals surface area contributed by atoms with Gasteiger partial charge in [0, 0.05) is 34.7 Å². The van der Waals surface area contributed by atoms with Crippen LogP contribution in [0.25, 0.3) is 0 Å². The fraction of sp³-hybridized carbons (Fsp3) is 0.818. The van der Waals surface area contributed by atoms with Crippen LogP contribution in [0.15, 0.2) is 0 Å². The molecular formula is C11H18INO3. The molecule has 0 radical (unpaired) electrons. The van der Waals surface area contributed by atoms with Crippen molar-refractivity contribution in [2.45, 2.75) is 58.2 Å². The molecule has 0 N–H and O–H groups in total. The van der Waals surface area contributed by atoms with E-state index in [1.807, 2.05) is 27.7 Å². The number of nitrogens with zero attached hydrogens (tertiary/aromatic N) is 1. The van der Waals surface area contributed by atoms with Gasteiger partial charge in [-0.3, -0.25) is 4.79 Å². The van der Waals surface area contributed by atoms with E-state index in [0.29, 0.717) is 12.8 Å². The molecule has 0 spiro atoms. The van der Waals surface area contributed by atoms with E-state index in [9.17, 15) is 9.59 Å². The highest BCUT2D eigenvalue weighted by molar-refractivity contribution is 14.1. The minimum atomic E-state index is -0.820. The van der Waals surface area contributed by atoms with Gasteiger partial charge in [-0.25, -0.2) is 4.79 Å². The molecule has 0 unspecified atom stereocenters. The van der Waals surface area contributed by atoms with Gasteiger partial charge >= 0.3 is 6.09 Å². The van der Waals surface area contributed by atoms with Gasteiger partial charge in [0.2, 0.25) is 3.79 Å². The predicted octanol–water partition coefficient (Wildman–Crippen LogP) is 2.74. The topological polar surface area (TPSA) is 46.6 Å². The van der Waals surface area contributed by atoms with Crippen molar-refractivity contribution in [1.29, 1.82) is 0 Å². The van der Waals surface area contributed by atoms with E-state index in [1.54, 1.807) is 27.5 Å². The van der Waals surface area contributed by atoms with Crippen LogP contribution in [0.1, 0.15) is 40.5 Å². The quantitative estimate of drug-likeness (QED) is 0.584. The van der Waals surface area contributed by atoms with Crippen LogP contribution >= 0.6 is 22.6 Å². The number of hydrogen-bond donors (Lipinski definition) is 0. The molecule has 4 nitrogen and oxygen atoms in total. The van der Waals surface area contributed by atoms with Crippen molar-refractivity contribution in [3.8, 4) is 0 Å².